The molecule has 3 aliphatic rings. The third-order valence-corrected chi connectivity index (χ3v) is 18.6. The normalized spacial score (nSPS) is 14.4. The molecule has 1 fully saturated rings. The van der Waals surface area contributed by atoms with Crippen molar-refractivity contribution >= 4 is 93.9 Å². The van der Waals surface area contributed by atoms with E-state index in [0.29, 0.717) is 109 Å². The fourth-order valence-corrected chi connectivity index (χ4v) is 11.3. The first-order chi connectivity index (χ1) is 65.7. The lowest BCUT2D eigenvalue weighted by atomic mass is 9.94. The number of nitrogen functional groups attached to an aromatic ring is 1. The van der Waals surface area contributed by atoms with Crippen LogP contribution >= 0.6 is 47.2 Å². The van der Waals surface area contributed by atoms with Gasteiger partial charge in [-0.1, -0.05) is 28.9 Å². The first-order valence-electron chi connectivity index (χ1n) is 38.3. The summed E-state index contributed by atoms with van der Waals surface area (Å²) < 4.78 is 18.2. The molecule has 9 aromatic rings. The maximum Gasteiger partial charge on any atom is 0.438 e. The minimum atomic E-state index is -0.826. The minimum Gasteiger partial charge on any atom is -0.504 e. The molecule has 138 heavy (non-hydrogen) atoms. The van der Waals surface area contributed by atoms with Gasteiger partial charge in [-0.3, -0.25) is 87.3 Å². The summed E-state index contributed by atoms with van der Waals surface area (Å²) in [6, 6.07) is -1.81. The van der Waals surface area contributed by atoms with Crippen LogP contribution in [-0.2, 0) is 33.6 Å². The van der Waals surface area contributed by atoms with Gasteiger partial charge in [0.05, 0.1) is 72.3 Å². The standard InChI is InChI=1S/C10H9NO3.C8H8N2O3.C7H8N2O2S.C7H8N2O2.C7H8N2OS.C6H9N5.C6H8N4S.3C6H8N4.C6H7N3O2.C6H7N3OS.CO2/c1-2-3-8(11)7-4-6(12)5-9(13)10(7)14;1-2-3-4(9)5-6(11)8(13)10-7(5)12;1-2-3-4(8)5-6(10)9-7(11)12-5;2*1-2-3-5(8)6-4-7(10)9-11-6;1-2-3-4(7)5-9-6(8)11-10-5;1-2-3-4(7)5-6(11)9-10-8-5;1-2-3-5(7)6-8-4-9-10-6;2*1-2-3-5(7)6-4-8-10-9-6;1-2-3-4(7)5-8-6(10)11-9-5;1-2-3-4(7)5-6(10)9-11-8-5;2-1-3/h1,4-5,8,13H,3,11H2;1,4H,3,9H2,(H2,10,11,12,13);1,4-5H,3,8H2,(H,9,10,11);2*1,4-5H,3,8H2,(H,9,10);1,4H,3,7H2,(H3,8,9,10,11);1,4H,3,7H2,(H2,8,9,10,11);3*1,4-5H,3,7H2,(H,8,9,10);1,4H,3,7H2,(H,8,9,10);1,4H,3,7H2,(H,9,10);/t;;;2*5-;2*4-;3*5-;2*4-;/m...000000000./s1. The van der Waals surface area contributed by atoms with Crippen molar-refractivity contribution < 1.29 is 57.6 Å². The van der Waals surface area contributed by atoms with Crippen molar-refractivity contribution in [2.75, 3.05) is 5.73 Å². The fraction of sp³-hybridized carbons (Fsp3) is 0.305. The SMILES string of the molecule is C#CCC(N)C1=C(O)C(=O)NC1=O.C#CCC(N)C1=CC(=O)C=C(O)C1=O.C#CCC(N)C1SC(=O)NC1=O.C#CC[C@H](N)c1cc(=O)[nH]o1.C#CC[C@H](N)c1cc(=O)[nH]s1.C#CC[C@H](N)c1cn[nH]n1.C#CC[C@H](N)c1cn[nH]n1.C#CC[C@H](N)c1n[nH][nH]c1=S.C#CC[C@H](N)c1nc(N)n[nH]1.C#CC[C@H](N)c1ncn[nH]1.C#CC[C@H](N)c1noc(=O)[nH]1.C#CC[C@H](N)c1ns[nH]c1=O.O=C=O. The number of allylic oxidation sites excluding steroid dienone is 3. The van der Waals surface area contributed by atoms with Gasteiger partial charge in [0.2, 0.25) is 17.6 Å². The molecule has 56 heteroatoms. The minimum absolute atomic E-state index is 0.0629. The molecule has 724 valence electrons. The van der Waals surface area contributed by atoms with E-state index in [-0.39, 0.29) is 112 Å². The van der Waals surface area contributed by atoms with Gasteiger partial charge in [0, 0.05) is 136 Å². The number of nitrogens with one attached hydrogen (secondary N) is 12. The number of thioether (sulfide) groups is 1. The van der Waals surface area contributed by atoms with Gasteiger partial charge in [-0.05, 0) is 17.8 Å². The van der Waals surface area contributed by atoms with E-state index in [1.54, 1.807) is 12.4 Å². The average molecular weight is 1970 g/mol. The molecule has 0 aromatic carbocycles. The summed E-state index contributed by atoms with van der Waals surface area (Å²) in [5, 5.41) is 68.0. The number of aromatic nitrogens is 21. The summed E-state index contributed by atoms with van der Waals surface area (Å²) in [6.45, 7) is 0. The third-order valence-electron chi connectivity index (χ3n) is 15.7. The monoisotopic (exact) mass is 1970 g/mol. The number of aromatic amines is 10. The van der Waals surface area contributed by atoms with Gasteiger partial charge in [-0.2, -0.15) is 65.1 Å². The molecule has 11 heterocycles. The van der Waals surface area contributed by atoms with Crippen LogP contribution in [0.1, 0.15) is 182 Å². The third kappa shape index (κ3) is 46.8. The molecule has 40 N–H and O–H groups in total. The number of aliphatic hydroxyl groups excluding tert-OH is 2. The van der Waals surface area contributed by atoms with Crippen LogP contribution in [0.2, 0.25) is 0 Å². The van der Waals surface area contributed by atoms with Crippen LogP contribution in [0, 0.1) is 153 Å². The van der Waals surface area contributed by atoms with Crippen molar-refractivity contribution in [3.8, 4) is 148 Å². The average Bonchev–Trinajstić information content (AvgIpc) is 1.55. The number of ketones is 2. The molecule has 4 unspecified atom stereocenters. The van der Waals surface area contributed by atoms with Gasteiger partial charge in [-0.25, -0.2) is 15.0 Å². The number of hydrogen-bond donors (Lipinski definition) is 27. The molecule has 0 bridgehead atoms. The van der Waals surface area contributed by atoms with Crippen molar-refractivity contribution in [2.45, 2.75) is 155 Å². The Kier molecular flexibility index (Phi) is 60.3. The van der Waals surface area contributed by atoms with E-state index in [1.165, 1.54) is 30.0 Å². The van der Waals surface area contributed by atoms with Crippen LogP contribution in [0.5, 0.6) is 0 Å². The summed E-state index contributed by atoms with van der Waals surface area (Å²) in [5.41, 5.74) is 73.6. The highest BCUT2D eigenvalue weighted by Gasteiger charge is 2.36. The topological polar surface area (TPSA) is 934 Å². The summed E-state index contributed by atoms with van der Waals surface area (Å²) in [4.78, 5) is 135. The zero-order valence-electron chi connectivity index (χ0n) is 72.6. The maximum atomic E-state index is 11.3. The number of nitrogens with zero attached hydrogens (tertiary/aromatic N) is 11. The fourth-order valence-electron chi connectivity index (χ4n) is 9.02. The lowest BCUT2D eigenvalue weighted by molar-refractivity contribution is -0.191. The molecule has 0 saturated carbocycles. The molecular weight excluding hydrogens is 1870 g/mol. The Morgan fingerprint density at radius 3 is 1.39 bits per heavy atom. The van der Waals surface area contributed by atoms with E-state index in [1.807, 2.05) is 5.32 Å². The molecular formula is C82H96N36O16S4. The van der Waals surface area contributed by atoms with Crippen molar-refractivity contribution in [3.63, 3.8) is 0 Å². The first-order valence-corrected chi connectivity index (χ1v) is 41.2. The van der Waals surface area contributed by atoms with E-state index in [0.717, 1.165) is 40.5 Å². The van der Waals surface area contributed by atoms with Gasteiger partial charge in [0.25, 0.3) is 33.7 Å². The number of carbonyl (C=O) groups is 6. The van der Waals surface area contributed by atoms with E-state index in [4.69, 9.17) is 188 Å². The molecule has 1 saturated heterocycles. The van der Waals surface area contributed by atoms with Crippen LogP contribution in [0.15, 0.2) is 93.9 Å². The first kappa shape index (κ1) is 121. The Hall–Kier alpha value is -17.1. The van der Waals surface area contributed by atoms with Gasteiger partial charge in [0.15, 0.2) is 28.9 Å². The summed E-state index contributed by atoms with van der Waals surface area (Å²) in [7, 11) is 0. The van der Waals surface area contributed by atoms with Gasteiger partial charge < -0.3 is 89.3 Å². The summed E-state index contributed by atoms with van der Waals surface area (Å²) in [6.07, 6.45) is 71.5. The number of aliphatic hydroxyl groups is 2. The van der Waals surface area contributed by atoms with Crippen LogP contribution in [0.3, 0.4) is 0 Å². The highest BCUT2D eigenvalue weighted by Crippen LogP contribution is 2.23. The second-order valence-corrected chi connectivity index (χ2v) is 29.0. The Morgan fingerprint density at radius 1 is 0.507 bits per heavy atom. The molecule has 12 rings (SSSR count). The van der Waals surface area contributed by atoms with Gasteiger partial charge in [0.1, 0.15) is 50.6 Å². The zero-order valence-corrected chi connectivity index (χ0v) is 75.9. The quantitative estimate of drug-likeness (QED) is 0.0123. The lowest BCUT2D eigenvalue weighted by Gasteiger charge is -2.14. The lowest BCUT2D eigenvalue weighted by Crippen LogP contribution is -2.38. The largest absolute Gasteiger partial charge is 0.504 e. The Morgan fingerprint density at radius 2 is 0.993 bits per heavy atom. The smallest absolute Gasteiger partial charge is 0.438 e. The number of terminal acetylenes is 12. The van der Waals surface area contributed by atoms with Crippen LogP contribution in [0.25, 0.3) is 0 Å². The van der Waals surface area contributed by atoms with E-state index >= 15 is 0 Å². The Balaban J connectivity index is 0.00000148. The molecule has 4 amide bonds. The number of hydrogen-bond acceptors (Lipinski definition) is 44. The number of anilines is 1. The zero-order chi connectivity index (χ0) is 104. The number of Topliss-reactive ketones (excluding diaryl/α,β-unsaturated/α-hetero) is 1. The van der Waals surface area contributed by atoms with Crippen molar-refractivity contribution in [1.82, 2.24) is 116 Å². The predicted molar refractivity (Wildman–Crippen MR) is 507 cm³/mol. The number of amides is 4. The number of nitrogens with two attached hydrogens (primary N) is 13. The van der Waals surface area contributed by atoms with E-state index < -0.39 is 76.1 Å². The highest BCUT2D eigenvalue weighted by molar-refractivity contribution is 8.15. The van der Waals surface area contributed by atoms with Gasteiger partial charge in [-0.15, -0.1) is 153 Å². The Bertz CT molecular complexity index is 5960. The number of H-pyrrole nitrogens is 10. The van der Waals surface area contributed by atoms with Crippen molar-refractivity contribution in [3.05, 3.63) is 163 Å². The maximum absolute atomic E-state index is 11.3. The molecule has 1 aliphatic carbocycles. The second-order valence-electron chi connectivity index (χ2n) is 26.1. The summed E-state index contributed by atoms with van der Waals surface area (Å²) >= 11 is 8.00. The van der Waals surface area contributed by atoms with Crippen LogP contribution in [0.4, 0.5) is 10.7 Å². The number of carbonyl (C=O) groups excluding carboxylic acids is 8. The molecule has 9 aromatic heterocycles. The predicted octanol–water partition coefficient (Wildman–Crippen LogP) is -3.16. The molecule has 13 atom stereocenters. The molecule has 52 nitrogen and oxygen atoms in total. The molecule has 0 radical (unpaired) electrons. The van der Waals surface area contributed by atoms with E-state index in [9.17, 15) is 47.9 Å². The Labute approximate surface area is 803 Å². The molecule has 2 aliphatic heterocycles. The van der Waals surface area contributed by atoms with E-state index in [2.05, 4.69) is 186 Å². The number of imide groups is 2. The molecule has 0 spiro atoms. The van der Waals surface area contributed by atoms with Crippen LogP contribution in [-0.4, -0.2) is 179 Å². The van der Waals surface area contributed by atoms with Gasteiger partial charge >= 0.3 is 11.9 Å². The highest BCUT2D eigenvalue weighted by atomic mass is 32.2. The number of rotatable bonds is 24. The summed E-state index contributed by atoms with van der Waals surface area (Å²) in [5.74, 6) is 25.9. The second kappa shape index (κ2) is 68.8. The van der Waals surface area contributed by atoms with Crippen LogP contribution < -0.4 is 108 Å². The van der Waals surface area contributed by atoms with Crippen molar-refractivity contribution in [1.29, 1.82) is 0 Å². The van der Waals surface area contributed by atoms with Crippen molar-refractivity contribution in [2.24, 2.45) is 68.8 Å².